The number of esters is 1. The number of hydrogen-bond donors (Lipinski definition) is 0. The smallest absolute Gasteiger partial charge is 0.337 e. The van der Waals surface area contributed by atoms with Gasteiger partial charge in [0.1, 0.15) is 11.6 Å². The van der Waals surface area contributed by atoms with Gasteiger partial charge in [-0.1, -0.05) is 77.8 Å². The summed E-state index contributed by atoms with van der Waals surface area (Å²) in [5, 5.41) is 1.01. The molecule has 1 heterocycles. The third-order valence-corrected chi connectivity index (χ3v) is 7.81. The summed E-state index contributed by atoms with van der Waals surface area (Å²) in [4.78, 5) is 29.6. The molecule has 0 saturated heterocycles. The van der Waals surface area contributed by atoms with Gasteiger partial charge >= 0.3 is 5.97 Å². The molecule has 0 radical (unpaired) electrons. The molecule has 228 valence electrons. The number of nitrogens with zero attached hydrogens (tertiary/aromatic N) is 2. The highest BCUT2D eigenvalue weighted by Crippen LogP contribution is 2.30. The van der Waals surface area contributed by atoms with Crippen LogP contribution in [0.2, 0.25) is 10.0 Å². The molecule has 1 aromatic heterocycles. The molecule has 5 rings (SSSR count). The van der Waals surface area contributed by atoms with Gasteiger partial charge < -0.3 is 14.0 Å². The maximum atomic E-state index is 13.1. The molecule has 0 fully saturated rings. The lowest BCUT2D eigenvalue weighted by molar-refractivity contribution is -0.119. The molecule has 5 aromatic rings. The molecule has 8 heteroatoms. The zero-order chi connectivity index (χ0) is 31.8. The molecular formula is C37H32Cl2N2O4. The monoisotopic (exact) mass is 638 g/mol. The largest absolute Gasteiger partial charge is 0.494 e. The van der Waals surface area contributed by atoms with Crippen LogP contribution in [0.15, 0.2) is 97.2 Å². The Kier molecular flexibility index (Phi) is 10.5. The molecule has 0 amide bonds. The Labute approximate surface area is 272 Å². The minimum Gasteiger partial charge on any atom is -0.494 e. The molecule has 0 atom stereocenters. The SMILES string of the molecule is CCOc1ccc(-c2ccc(/C=C/c3nc(-c4ccc(Cl)cc4Cl)cn3CC(=O)CCc3ccc(C(=O)OC)cc3)cc2)cc1. The van der Waals surface area contributed by atoms with Crippen LogP contribution in [0.4, 0.5) is 0 Å². The number of carbonyl (C=O) groups is 2. The van der Waals surface area contributed by atoms with Gasteiger partial charge in [0.15, 0.2) is 5.78 Å². The lowest BCUT2D eigenvalue weighted by Crippen LogP contribution is -2.11. The number of aromatic nitrogens is 2. The zero-order valence-electron chi connectivity index (χ0n) is 25.0. The maximum Gasteiger partial charge on any atom is 0.337 e. The minimum absolute atomic E-state index is 0.0487. The van der Waals surface area contributed by atoms with E-state index in [1.807, 2.05) is 84.4 Å². The summed E-state index contributed by atoms with van der Waals surface area (Å²) in [6, 6.07) is 28.6. The van der Waals surface area contributed by atoms with E-state index in [9.17, 15) is 9.59 Å². The van der Waals surface area contributed by atoms with Gasteiger partial charge in [0.25, 0.3) is 0 Å². The van der Waals surface area contributed by atoms with Crippen molar-refractivity contribution in [2.75, 3.05) is 13.7 Å². The molecule has 0 saturated carbocycles. The number of benzene rings is 4. The number of rotatable bonds is 12. The second-order valence-corrected chi connectivity index (χ2v) is 11.2. The molecule has 0 bridgehead atoms. The van der Waals surface area contributed by atoms with E-state index in [1.165, 1.54) is 7.11 Å². The Balaban J connectivity index is 1.33. The number of aryl methyl sites for hydroxylation is 1. The van der Waals surface area contributed by atoms with Gasteiger partial charge in [-0.2, -0.15) is 0 Å². The van der Waals surface area contributed by atoms with E-state index in [2.05, 4.69) is 12.1 Å². The van der Waals surface area contributed by atoms with Crippen molar-refractivity contribution in [2.45, 2.75) is 26.3 Å². The highest BCUT2D eigenvalue weighted by molar-refractivity contribution is 6.36. The fraction of sp³-hybridized carbons (Fsp3) is 0.162. The topological polar surface area (TPSA) is 70.4 Å². The van der Waals surface area contributed by atoms with E-state index < -0.39 is 5.97 Å². The summed E-state index contributed by atoms with van der Waals surface area (Å²) in [7, 11) is 1.35. The van der Waals surface area contributed by atoms with Crippen molar-refractivity contribution in [3.05, 3.63) is 130 Å². The van der Waals surface area contributed by atoms with Crippen LogP contribution < -0.4 is 4.74 Å². The Morgan fingerprint density at radius 1 is 0.867 bits per heavy atom. The predicted octanol–water partition coefficient (Wildman–Crippen LogP) is 9.08. The van der Waals surface area contributed by atoms with Gasteiger partial charge in [0, 0.05) is 23.2 Å². The van der Waals surface area contributed by atoms with Crippen LogP contribution in [0.3, 0.4) is 0 Å². The number of ketones is 1. The van der Waals surface area contributed by atoms with Crippen molar-refractivity contribution in [2.24, 2.45) is 0 Å². The van der Waals surface area contributed by atoms with Crippen LogP contribution in [0, 0.1) is 0 Å². The molecule has 4 aromatic carbocycles. The van der Waals surface area contributed by atoms with Crippen LogP contribution >= 0.6 is 23.2 Å². The van der Waals surface area contributed by atoms with E-state index in [-0.39, 0.29) is 12.3 Å². The summed E-state index contributed by atoms with van der Waals surface area (Å²) >= 11 is 12.6. The molecule has 0 unspecified atom stereocenters. The summed E-state index contributed by atoms with van der Waals surface area (Å²) in [5.41, 5.74) is 6.01. The highest BCUT2D eigenvalue weighted by Gasteiger charge is 2.14. The summed E-state index contributed by atoms with van der Waals surface area (Å²) in [5.74, 6) is 1.14. The van der Waals surface area contributed by atoms with Crippen molar-refractivity contribution in [1.82, 2.24) is 9.55 Å². The first-order valence-electron chi connectivity index (χ1n) is 14.6. The number of ether oxygens (including phenoxy) is 2. The number of halogens is 2. The standard InChI is InChI=1S/C37H32Cl2N2O4/c1-3-45-32-18-14-28(15-19-32)27-10-4-26(5-11-27)9-21-36-40-35(33-20-16-30(38)22-34(33)39)24-41(36)23-31(42)17-8-25-6-12-29(13-7-25)37(43)44-2/h4-7,9-16,18-22,24H,3,8,17,23H2,1-2H3/b21-9+. The van der Waals surface area contributed by atoms with Gasteiger partial charge in [0.2, 0.25) is 0 Å². The van der Waals surface area contributed by atoms with E-state index >= 15 is 0 Å². The first-order valence-corrected chi connectivity index (χ1v) is 15.3. The van der Waals surface area contributed by atoms with Crippen LogP contribution in [-0.2, 0) is 22.5 Å². The predicted molar refractivity (Wildman–Crippen MR) is 181 cm³/mol. The maximum absolute atomic E-state index is 13.1. The van der Waals surface area contributed by atoms with E-state index in [4.69, 9.17) is 37.7 Å². The Hall–Kier alpha value is -4.65. The van der Waals surface area contributed by atoms with Crippen LogP contribution in [0.1, 0.15) is 40.7 Å². The Morgan fingerprint density at radius 3 is 2.20 bits per heavy atom. The van der Waals surface area contributed by atoms with E-state index in [0.717, 1.165) is 33.6 Å². The fourth-order valence-corrected chi connectivity index (χ4v) is 5.37. The van der Waals surface area contributed by atoms with Gasteiger partial charge in [-0.3, -0.25) is 4.79 Å². The van der Waals surface area contributed by atoms with E-state index in [1.54, 1.807) is 24.3 Å². The average molecular weight is 640 g/mol. The number of hydrogen-bond acceptors (Lipinski definition) is 5. The normalized spacial score (nSPS) is 11.1. The third kappa shape index (κ3) is 8.29. The van der Waals surface area contributed by atoms with Crippen molar-refractivity contribution < 1.29 is 19.1 Å². The van der Waals surface area contributed by atoms with Gasteiger partial charge in [0.05, 0.1) is 36.5 Å². The van der Waals surface area contributed by atoms with Crippen molar-refractivity contribution in [3.8, 4) is 28.1 Å². The lowest BCUT2D eigenvalue weighted by Gasteiger charge is -2.06. The Bertz CT molecular complexity index is 1810. The molecule has 0 aliphatic rings. The second kappa shape index (κ2) is 14.9. The molecular weight excluding hydrogens is 607 g/mol. The fourth-order valence-electron chi connectivity index (χ4n) is 4.86. The highest BCUT2D eigenvalue weighted by atomic mass is 35.5. The van der Waals surface area contributed by atoms with Crippen LogP contribution in [0.25, 0.3) is 34.5 Å². The molecule has 6 nitrogen and oxygen atoms in total. The van der Waals surface area contributed by atoms with Crippen molar-refractivity contribution in [3.63, 3.8) is 0 Å². The Morgan fingerprint density at radius 2 is 1.56 bits per heavy atom. The number of carbonyl (C=O) groups excluding carboxylic acids is 2. The number of Topliss-reactive ketones (excluding diaryl/α,β-unsaturated/α-hetero) is 1. The molecule has 0 N–H and O–H groups in total. The first kappa shape index (κ1) is 31.8. The molecule has 0 aliphatic carbocycles. The van der Waals surface area contributed by atoms with E-state index in [0.29, 0.717) is 46.6 Å². The van der Waals surface area contributed by atoms with Gasteiger partial charge in [-0.15, -0.1) is 0 Å². The summed E-state index contributed by atoms with van der Waals surface area (Å²) < 4.78 is 12.1. The first-order chi connectivity index (χ1) is 21.8. The van der Waals surface area contributed by atoms with Gasteiger partial charge in [-0.25, -0.2) is 9.78 Å². The van der Waals surface area contributed by atoms with Crippen molar-refractivity contribution in [1.29, 1.82) is 0 Å². The summed E-state index contributed by atoms with van der Waals surface area (Å²) in [6.07, 6.45) is 6.60. The molecule has 0 spiro atoms. The minimum atomic E-state index is -0.390. The van der Waals surface area contributed by atoms with Gasteiger partial charge in [-0.05, 0) is 84.1 Å². The number of imidazole rings is 1. The summed E-state index contributed by atoms with van der Waals surface area (Å²) in [6.45, 7) is 2.75. The second-order valence-electron chi connectivity index (χ2n) is 10.4. The third-order valence-electron chi connectivity index (χ3n) is 7.26. The van der Waals surface area contributed by atoms with Crippen LogP contribution in [-0.4, -0.2) is 35.0 Å². The molecule has 45 heavy (non-hydrogen) atoms. The quantitative estimate of drug-likeness (QED) is 0.127. The lowest BCUT2D eigenvalue weighted by atomic mass is 10.0. The van der Waals surface area contributed by atoms with Crippen molar-refractivity contribution >= 4 is 47.1 Å². The number of methoxy groups -OCH3 is 1. The average Bonchev–Trinajstić information content (AvgIpc) is 3.45. The van der Waals surface area contributed by atoms with Crippen LogP contribution in [0.5, 0.6) is 5.75 Å². The molecule has 0 aliphatic heterocycles. The zero-order valence-corrected chi connectivity index (χ0v) is 26.5.